The lowest BCUT2D eigenvalue weighted by Crippen LogP contribution is -2.25. The number of hydrogen-bond acceptors (Lipinski definition) is 4. The molecule has 2 N–H and O–H groups in total. The molecule has 0 bridgehead atoms. The van der Waals surface area contributed by atoms with Gasteiger partial charge in [0.1, 0.15) is 5.69 Å². The van der Waals surface area contributed by atoms with Crippen LogP contribution in [0.3, 0.4) is 0 Å². The average molecular weight is 353 g/mol. The van der Waals surface area contributed by atoms with Crippen molar-refractivity contribution >= 4 is 16.8 Å². The van der Waals surface area contributed by atoms with Crippen molar-refractivity contribution in [3.63, 3.8) is 0 Å². The number of amides is 1. The molecular weight excluding hydrogens is 330 g/mol. The van der Waals surface area contributed by atoms with Crippen molar-refractivity contribution in [2.24, 2.45) is 7.05 Å². The van der Waals surface area contributed by atoms with Crippen molar-refractivity contribution in [3.8, 4) is 0 Å². The predicted molar refractivity (Wildman–Crippen MR) is 98.0 cm³/mol. The summed E-state index contributed by atoms with van der Waals surface area (Å²) < 4.78 is 6.95. The largest absolute Gasteiger partial charge is 0.381 e. The highest BCUT2D eigenvalue weighted by atomic mass is 16.5. The molecule has 2 aromatic heterocycles. The molecule has 0 radical (unpaired) electrons. The summed E-state index contributed by atoms with van der Waals surface area (Å²) in [7, 11) is 1.70. The van der Waals surface area contributed by atoms with Gasteiger partial charge in [0.25, 0.3) is 5.91 Å². The second-order valence-corrected chi connectivity index (χ2v) is 6.86. The number of hydrogen-bond donors (Lipinski definition) is 2. The van der Waals surface area contributed by atoms with Gasteiger partial charge in [0.15, 0.2) is 0 Å². The molecule has 0 saturated carbocycles. The van der Waals surface area contributed by atoms with E-state index in [1.54, 1.807) is 7.05 Å². The number of carbonyl (C=O) groups excluding carboxylic acids is 1. The first-order valence-corrected chi connectivity index (χ1v) is 8.95. The Morgan fingerprint density at radius 3 is 2.92 bits per heavy atom. The molecule has 0 atom stereocenters. The van der Waals surface area contributed by atoms with Crippen molar-refractivity contribution in [2.45, 2.75) is 32.2 Å². The van der Waals surface area contributed by atoms with Crippen LogP contribution in [0.4, 0.5) is 0 Å². The molecule has 7 nitrogen and oxygen atoms in total. The number of fused-ring (bicyclic) bond motifs is 1. The van der Waals surface area contributed by atoms with Crippen LogP contribution in [0.25, 0.3) is 10.9 Å². The summed E-state index contributed by atoms with van der Waals surface area (Å²) in [6, 6.07) is 6.30. The van der Waals surface area contributed by atoms with Crippen molar-refractivity contribution in [1.82, 2.24) is 25.3 Å². The van der Waals surface area contributed by atoms with Crippen molar-refractivity contribution < 1.29 is 9.53 Å². The molecule has 0 aliphatic carbocycles. The predicted octanol–water partition coefficient (Wildman–Crippen LogP) is 2.43. The molecule has 136 valence electrons. The lowest BCUT2D eigenvalue weighted by molar-refractivity contribution is 0.0845. The zero-order valence-corrected chi connectivity index (χ0v) is 15.1. The average Bonchev–Trinajstić information content (AvgIpc) is 3.24. The molecule has 26 heavy (non-hydrogen) atoms. The van der Waals surface area contributed by atoms with E-state index in [2.05, 4.69) is 39.7 Å². The standard InChI is InChI=1S/C19H23N5O2/c1-12-15-9-13(10-20-19(25)17-11-21-23-24(17)2)3-4-16(15)22-18(12)14-5-7-26-8-6-14/h3-4,9,11,14,22H,5-8,10H2,1-2H3,(H,20,25). The molecule has 1 aliphatic heterocycles. The summed E-state index contributed by atoms with van der Waals surface area (Å²) in [6.07, 6.45) is 3.60. The van der Waals surface area contributed by atoms with Crippen molar-refractivity contribution in [2.75, 3.05) is 13.2 Å². The summed E-state index contributed by atoms with van der Waals surface area (Å²) in [4.78, 5) is 15.8. The smallest absolute Gasteiger partial charge is 0.271 e. The van der Waals surface area contributed by atoms with Gasteiger partial charge in [-0.15, -0.1) is 5.10 Å². The number of carbonyl (C=O) groups is 1. The summed E-state index contributed by atoms with van der Waals surface area (Å²) in [5, 5.41) is 11.7. The van der Waals surface area contributed by atoms with E-state index in [-0.39, 0.29) is 5.91 Å². The topological polar surface area (TPSA) is 84.8 Å². The SMILES string of the molecule is Cc1c(C2CCOCC2)[nH]c2ccc(CNC(=O)c3cnnn3C)cc12. The van der Waals surface area contributed by atoms with Crippen LogP contribution in [-0.2, 0) is 18.3 Å². The third-order valence-corrected chi connectivity index (χ3v) is 5.19. The van der Waals surface area contributed by atoms with Crippen LogP contribution in [0, 0.1) is 6.92 Å². The Bertz CT molecular complexity index is 937. The van der Waals surface area contributed by atoms with E-state index < -0.39 is 0 Å². The van der Waals surface area contributed by atoms with Crippen LogP contribution in [0.2, 0.25) is 0 Å². The summed E-state index contributed by atoms with van der Waals surface area (Å²) in [5.74, 6) is 0.364. The van der Waals surface area contributed by atoms with Gasteiger partial charge in [0.05, 0.1) is 6.20 Å². The molecule has 4 rings (SSSR count). The minimum Gasteiger partial charge on any atom is -0.381 e. The first kappa shape index (κ1) is 16.8. The number of aromatic amines is 1. The number of aryl methyl sites for hydroxylation is 2. The maximum atomic E-state index is 12.2. The highest BCUT2D eigenvalue weighted by Crippen LogP contribution is 2.33. The normalized spacial score (nSPS) is 15.5. The fourth-order valence-electron chi connectivity index (χ4n) is 3.67. The lowest BCUT2D eigenvalue weighted by Gasteiger charge is -2.21. The highest BCUT2D eigenvalue weighted by molar-refractivity contribution is 5.92. The van der Waals surface area contributed by atoms with Crippen LogP contribution in [0.1, 0.15) is 46.1 Å². The van der Waals surface area contributed by atoms with Gasteiger partial charge in [-0.25, -0.2) is 4.68 Å². The van der Waals surface area contributed by atoms with Crippen LogP contribution in [-0.4, -0.2) is 39.1 Å². The quantitative estimate of drug-likeness (QED) is 0.754. The minimum atomic E-state index is -0.175. The second-order valence-electron chi connectivity index (χ2n) is 6.86. The number of nitrogens with zero attached hydrogens (tertiary/aromatic N) is 3. The fraction of sp³-hybridized carbons (Fsp3) is 0.421. The van der Waals surface area contributed by atoms with E-state index in [1.165, 1.54) is 27.5 Å². The molecule has 1 amide bonds. The van der Waals surface area contributed by atoms with Gasteiger partial charge in [-0.3, -0.25) is 4.79 Å². The van der Waals surface area contributed by atoms with Gasteiger partial charge >= 0.3 is 0 Å². The first-order valence-electron chi connectivity index (χ1n) is 8.95. The maximum absolute atomic E-state index is 12.2. The van der Waals surface area contributed by atoms with E-state index in [0.717, 1.165) is 37.1 Å². The Hall–Kier alpha value is -2.67. The van der Waals surface area contributed by atoms with Crippen molar-refractivity contribution in [1.29, 1.82) is 0 Å². The maximum Gasteiger partial charge on any atom is 0.271 e. The summed E-state index contributed by atoms with van der Waals surface area (Å²) >= 11 is 0. The molecule has 0 spiro atoms. The number of aromatic nitrogens is 4. The summed E-state index contributed by atoms with van der Waals surface area (Å²) in [5.41, 5.74) is 5.29. The Labute approximate surface area is 151 Å². The van der Waals surface area contributed by atoms with E-state index in [4.69, 9.17) is 4.74 Å². The molecule has 3 heterocycles. The van der Waals surface area contributed by atoms with Crippen LogP contribution in [0.5, 0.6) is 0 Å². The van der Waals surface area contributed by atoms with Gasteiger partial charge in [0, 0.05) is 49.3 Å². The second kappa shape index (κ2) is 6.92. The van der Waals surface area contributed by atoms with E-state index >= 15 is 0 Å². The molecule has 1 fully saturated rings. The Balaban J connectivity index is 1.53. The fourth-order valence-corrected chi connectivity index (χ4v) is 3.67. The van der Waals surface area contributed by atoms with Crippen LogP contribution >= 0.6 is 0 Å². The molecule has 1 saturated heterocycles. The number of nitrogens with one attached hydrogen (secondary N) is 2. The van der Waals surface area contributed by atoms with E-state index in [0.29, 0.717) is 18.2 Å². The zero-order chi connectivity index (χ0) is 18.1. The van der Waals surface area contributed by atoms with Gasteiger partial charge in [-0.2, -0.15) is 0 Å². The molecule has 1 aromatic carbocycles. The van der Waals surface area contributed by atoms with Gasteiger partial charge in [-0.05, 0) is 43.0 Å². The number of H-pyrrole nitrogens is 1. The number of rotatable bonds is 4. The Morgan fingerprint density at radius 2 is 2.19 bits per heavy atom. The van der Waals surface area contributed by atoms with Crippen LogP contribution in [0.15, 0.2) is 24.4 Å². The third kappa shape index (κ3) is 3.10. The summed E-state index contributed by atoms with van der Waals surface area (Å²) in [6.45, 7) is 4.31. The Morgan fingerprint density at radius 1 is 1.38 bits per heavy atom. The van der Waals surface area contributed by atoms with E-state index in [1.807, 2.05) is 6.07 Å². The Kier molecular flexibility index (Phi) is 4.46. The zero-order valence-electron chi connectivity index (χ0n) is 15.1. The molecule has 7 heteroatoms. The minimum absolute atomic E-state index is 0.175. The lowest BCUT2D eigenvalue weighted by atomic mass is 9.93. The van der Waals surface area contributed by atoms with Gasteiger partial charge < -0.3 is 15.0 Å². The van der Waals surface area contributed by atoms with Gasteiger partial charge in [-0.1, -0.05) is 11.3 Å². The highest BCUT2D eigenvalue weighted by Gasteiger charge is 2.21. The number of ether oxygens (including phenoxy) is 1. The first-order chi connectivity index (χ1) is 12.6. The molecule has 3 aromatic rings. The molecule has 1 aliphatic rings. The number of benzene rings is 1. The molecular formula is C19H23N5O2. The van der Waals surface area contributed by atoms with E-state index in [9.17, 15) is 4.79 Å². The monoisotopic (exact) mass is 353 g/mol. The van der Waals surface area contributed by atoms with Gasteiger partial charge in [0.2, 0.25) is 0 Å². The third-order valence-electron chi connectivity index (χ3n) is 5.19. The molecule has 0 unspecified atom stereocenters. The van der Waals surface area contributed by atoms with Crippen molar-refractivity contribution in [3.05, 3.63) is 46.9 Å². The van der Waals surface area contributed by atoms with Crippen LogP contribution < -0.4 is 5.32 Å².